The van der Waals surface area contributed by atoms with E-state index >= 15 is 0 Å². The highest BCUT2D eigenvalue weighted by atomic mass is 32.1. The largest absolute Gasteiger partial charge is 0.503 e. The fourth-order valence-electron chi connectivity index (χ4n) is 3.72. The van der Waals surface area contributed by atoms with Crippen molar-refractivity contribution < 1.29 is 19.4 Å². The average molecular weight is 407 g/mol. The molecular formula is C23H21NO4S. The number of methoxy groups -OCH3 is 1. The Hall–Kier alpha value is -3.12. The van der Waals surface area contributed by atoms with Gasteiger partial charge in [-0.2, -0.15) is 0 Å². The van der Waals surface area contributed by atoms with Gasteiger partial charge in [-0.25, -0.2) is 0 Å². The number of amides is 1. The molecule has 0 spiro atoms. The zero-order valence-corrected chi connectivity index (χ0v) is 17.2. The molecule has 1 atom stereocenters. The Labute approximate surface area is 172 Å². The van der Waals surface area contributed by atoms with Crippen molar-refractivity contribution in [1.82, 2.24) is 0 Å². The van der Waals surface area contributed by atoms with Crippen molar-refractivity contribution in [3.63, 3.8) is 0 Å². The first-order valence-corrected chi connectivity index (χ1v) is 10.2. The molecule has 1 N–H and O–H groups in total. The Morgan fingerprint density at radius 2 is 1.93 bits per heavy atom. The SMILES string of the molecule is COc1ccccc1C1C(C(=O)C(C)C)=C(O)C(=O)N1c1ccc2sccc2c1. The molecule has 148 valence electrons. The topological polar surface area (TPSA) is 66.8 Å². The first-order valence-electron chi connectivity index (χ1n) is 9.35. The van der Waals surface area contributed by atoms with Gasteiger partial charge in [0.25, 0.3) is 5.91 Å². The lowest BCUT2D eigenvalue weighted by Gasteiger charge is -2.28. The first kappa shape index (κ1) is 19.2. The maximum atomic E-state index is 13.1. The number of ether oxygens (including phenoxy) is 1. The number of benzene rings is 2. The molecule has 0 bridgehead atoms. The summed E-state index contributed by atoms with van der Waals surface area (Å²) in [7, 11) is 1.55. The highest BCUT2D eigenvalue weighted by molar-refractivity contribution is 7.17. The number of carbonyl (C=O) groups excluding carboxylic acids is 2. The number of hydrogen-bond donors (Lipinski definition) is 1. The summed E-state index contributed by atoms with van der Waals surface area (Å²) in [5.41, 5.74) is 1.39. The lowest BCUT2D eigenvalue weighted by molar-refractivity contribution is -0.119. The molecule has 0 saturated carbocycles. The van der Waals surface area contributed by atoms with Crippen molar-refractivity contribution in [2.24, 2.45) is 5.92 Å². The van der Waals surface area contributed by atoms with E-state index in [1.165, 1.54) is 4.90 Å². The Morgan fingerprint density at radius 3 is 2.66 bits per heavy atom. The number of nitrogens with zero attached hydrogens (tertiary/aromatic N) is 1. The summed E-state index contributed by atoms with van der Waals surface area (Å²) < 4.78 is 6.61. The minimum absolute atomic E-state index is 0.111. The lowest BCUT2D eigenvalue weighted by Crippen LogP contribution is -2.31. The second-order valence-corrected chi connectivity index (χ2v) is 8.19. The van der Waals surface area contributed by atoms with Gasteiger partial charge in [-0.15, -0.1) is 11.3 Å². The van der Waals surface area contributed by atoms with Gasteiger partial charge in [-0.1, -0.05) is 32.0 Å². The van der Waals surface area contributed by atoms with E-state index < -0.39 is 17.7 Å². The molecule has 4 rings (SSSR count). The predicted octanol–water partition coefficient (Wildman–Crippen LogP) is 5.04. The number of aliphatic hydroxyl groups excluding tert-OH is 1. The van der Waals surface area contributed by atoms with Gasteiger partial charge in [-0.3, -0.25) is 14.5 Å². The van der Waals surface area contributed by atoms with Crippen molar-refractivity contribution in [2.45, 2.75) is 19.9 Å². The van der Waals surface area contributed by atoms with E-state index in [0.29, 0.717) is 17.0 Å². The van der Waals surface area contributed by atoms with Gasteiger partial charge in [0.05, 0.1) is 18.7 Å². The van der Waals surface area contributed by atoms with Crippen LogP contribution >= 0.6 is 11.3 Å². The van der Waals surface area contributed by atoms with Crippen LogP contribution in [-0.2, 0) is 9.59 Å². The Kier molecular flexibility index (Phi) is 4.88. The molecule has 1 unspecified atom stereocenters. The van der Waals surface area contributed by atoms with Gasteiger partial charge in [0.1, 0.15) is 5.75 Å². The second-order valence-electron chi connectivity index (χ2n) is 7.24. The van der Waals surface area contributed by atoms with Gasteiger partial charge < -0.3 is 9.84 Å². The van der Waals surface area contributed by atoms with Crippen LogP contribution in [0.4, 0.5) is 5.69 Å². The van der Waals surface area contributed by atoms with Gasteiger partial charge in [0, 0.05) is 21.9 Å². The number of aliphatic hydroxyl groups is 1. The minimum Gasteiger partial charge on any atom is -0.503 e. The monoisotopic (exact) mass is 407 g/mol. The molecule has 1 amide bonds. The number of anilines is 1. The summed E-state index contributed by atoms with van der Waals surface area (Å²) in [4.78, 5) is 27.6. The number of hydrogen-bond acceptors (Lipinski definition) is 5. The van der Waals surface area contributed by atoms with Crippen molar-refractivity contribution in [2.75, 3.05) is 12.0 Å². The van der Waals surface area contributed by atoms with Crippen LogP contribution < -0.4 is 9.64 Å². The lowest BCUT2D eigenvalue weighted by atomic mass is 9.90. The molecule has 0 fully saturated rings. The van der Waals surface area contributed by atoms with Gasteiger partial charge in [-0.05, 0) is 41.1 Å². The molecule has 1 aliphatic heterocycles. The van der Waals surface area contributed by atoms with Gasteiger partial charge >= 0.3 is 0 Å². The fraction of sp³-hybridized carbons (Fsp3) is 0.217. The van der Waals surface area contributed by atoms with Gasteiger partial charge in [0.2, 0.25) is 0 Å². The van der Waals surface area contributed by atoms with Crippen LogP contribution in [0.5, 0.6) is 5.75 Å². The van der Waals surface area contributed by atoms with Crippen LogP contribution in [0.1, 0.15) is 25.5 Å². The van der Waals surface area contributed by atoms with Gasteiger partial charge in [0.15, 0.2) is 11.5 Å². The Balaban J connectivity index is 1.94. The predicted molar refractivity (Wildman–Crippen MR) is 115 cm³/mol. The molecule has 29 heavy (non-hydrogen) atoms. The van der Waals surface area contributed by atoms with E-state index in [-0.39, 0.29) is 17.3 Å². The first-order chi connectivity index (χ1) is 13.9. The molecule has 3 aromatic rings. The Bertz CT molecular complexity index is 1140. The molecule has 6 heteroatoms. The highest BCUT2D eigenvalue weighted by Crippen LogP contribution is 2.45. The molecule has 0 saturated heterocycles. The molecule has 0 aliphatic carbocycles. The zero-order chi connectivity index (χ0) is 20.7. The van der Waals surface area contributed by atoms with Crippen molar-refractivity contribution in [3.8, 4) is 5.75 Å². The quantitative estimate of drug-likeness (QED) is 0.644. The van der Waals surface area contributed by atoms with Crippen LogP contribution in [0.2, 0.25) is 0 Å². The number of fused-ring (bicyclic) bond motifs is 1. The summed E-state index contributed by atoms with van der Waals surface area (Å²) in [5, 5.41) is 13.7. The second kappa shape index (κ2) is 7.37. The third-order valence-corrected chi connectivity index (χ3v) is 6.04. The molecule has 1 aromatic heterocycles. The van der Waals surface area contributed by atoms with E-state index in [9.17, 15) is 14.7 Å². The number of thiophene rings is 1. The zero-order valence-electron chi connectivity index (χ0n) is 16.4. The molecular weight excluding hydrogens is 386 g/mol. The van der Waals surface area contributed by atoms with E-state index in [1.807, 2.05) is 47.8 Å². The van der Waals surface area contributed by atoms with Crippen molar-refractivity contribution >= 4 is 38.8 Å². The van der Waals surface area contributed by atoms with E-state index in [2.05, 4.69) is 0 Å². The molecule has 2 heterocycles. The number of Topliss-reactive ketones (excluding diaryl/α,β-unsaturated/α-hetero) is 1. The summed E-state index contributed by atoms with van der Waals surface area (Å²) in [5.74, 6) is -1.15. The summed E-state index contributed by atoms with van der Waals surface area (Å²) in [6, 6.07) is 14.2. The Morgan fingerprint density at radius 1 is 1.17 bits per heavy atom. The number of rotatable bonds is 5. The van der Waals surface area contributed by atoms with E-state index in [1.54, 1.807) is 38.4 Å². The summed E-state index contributed by atoms with van der Waals surface area (Å²) in [6.07, 6.45) is 0. The normalized spacial score (nSPS) is 16.9. The minimum atomic E-state index is -0.760. The van der Waals surface area contributed by atoms with Crippen LogP contribution in [0.3, 0.4) is 0 Å². The van der Waals surface area contributed by atoms with Crippen LogP contribution in [0.25, 0.3) is 10.1 Å². The van der Waals surface area contributed by atoms with Crippen LogP contribution in [0.15, 0.2) is 65.2 Å². The number of para-hydroxylation sites is 1. The van der Waals surface area contributed by atoms with Crippen molar-refractivity contribution in [1.29, 1.82) is 0 Å². The van der Waals surface area contributed by atoms with E-state index in [4.69, 9.17) is 4.74 Å². The van der Waals surface area contributed by atoms with Crippen molar-refractivity contribution in [3.05, 3.63) is 70.8 Å². The summed E-state index contributed by atoms with van der Waals surface area (Å²) >= 11 is 1.62. The maximum absolute atomic E-state index is 13.1. The molecule has 5 nitrogen and oxygen atoms in total. The standard InChI is InChI=1S/C23H21NO4S/c1-13(2)21(25)19-20(16-6-4-5-7-17(16)28-3)24(23(27)22(19)26)15-8-9-18-14(12-15)10-11-29-18/h4-13,20,26H,1-3H3. The van der Waals surface area contributed by atoms with Crippen LogP contribution in [0, 0.1) is 5.92 Å². The third kappa shape index (κ3) is 3.09. The fourth-order valence-corrected chi connectivity index (χ4v) is 4.50. The molecule has 1 aliphatic rings. The molecule has 0 radical (unpaired) electrons. The van der Waals surface area contributed by atoms with E-state index in [0.717, 1.165) is 10.1 Å². The smallest absolute Gasteiger partial charge is 0.294 e. The number of carbonyl (C=O) groups is 2. The number of ketones is 1. The van der Waals surface area contributed by atoms with Crippen LogP contribution in [-0.4, -0.2) is 23.9 Å². The molecule has 2 aromatic carbocycles. The summed E-state index contributed by atoms with van der Waals surface area (Å²) in [6.45, 7) is 3.51. The maximum Gasteiger partial charge on any atom is 0.294 e. The third-order valence-electron chi connectivity index (χ3n) is 5.15. The average Bonchev–Trinajstić information content (AvgIpc) is 3.29. The highest BCUT2D eigenvalue weighted by Gasteiger charge is 2.45.